The SMILES string of the molecule is CC.COc1cccc2c1nc(N)n1nc(CCCCl)nc21. The lowest BCUT2D eigenvalue weighted by Crippen LogP contribution is -2.03. The monoisotopic (exact) mass is 321 g/mol. The van der Waals surface area contributed by atoms with Crippen molar-refractivity contribution in [2.45, 2.75) is 26.7 Å². The Morgan fingerprint density at radius 1 is 1.27 bits per heavy atom. The van der Waals surface area contributed by atoms with Crippen LogP contribution in [0.3, 0.4) is 0 Å². The molecular formula is C15H20ClN5O. The third-order valence-corrected chi connectivity index (χ3v) is 3.36. The van der Waals surface area contributed by atoms with Crippen LogP contribution in [-0.2, 0) is 6.42 Å². The Kier molecular flexibility index (Phi) is 5.38. The number of halogens is 1. The summed E-state index contributed by atoms with van der Waals surface area (Å²) in [5.41, 5.74) is 7.34. The number of nitrogen functional groups attached to an aromatic ring is 1. The summed E-state index contributed by atoms with van der Waals surface area (Å²) in [7, 11) is 1.60. The number of nitrogens with zero attached hydrogens (tertiary/aromatic N) is 4. The van der Waals surface area contributed by atoms with Crippen molar-refractivity contribution in [3.63, 3.8) is 0 Å². The number of hydrogen-bond donors (Lipinski definition) is 1. The van der Waals surface area contributed by atoms with Gasteiger partial charge in [-0.25, -0.2) is 9.97 Å². The molecule has 0 fully saturated rings. The van der Waals surface area contributed by atoms with Crippen molar-refractivity contribution in [1.29, 1.82) is 0 Å². The van der Waals surface area contributed by atoms with Gasteiger partial charge in [0.05, 0.1) is 7.11 Å². The van der Waals surface area contributed by atoms with Gasteiger partial charge in [-0.15, -0.1) is 16.7 Å². The molecule has 0 amide bonds. The Balaban J connectivity index is 0.000000847. The predicted molar refractivity (Wildman–Crippen MR) is 89.6 cm³/mol. The van der Waals surface area contributed by atoms with E-state index in [1.54, 1.807) is 11.6 Å². The normalized spacial score (nSPS) is 10.5. The van der Waals surface area contributed by atoms with Crippen LogP contribution in [0.4, 0.5) is 5.95 Å². The summed E-state index contributed by atoms with van der Waals surface area (Å²) in [6.07, 6.45) is 1.54. The fourth-order valence-electron chi connectivity index (χ4n) is 2.16. The van der Waals surface area contributed by atoms with E-state index in [9.17, 15) is 0 Å². The van der Waals surface area contributed by atoms with Gasteiger partial charge >= 0.3 is 0 Å². The molecule has 0 bridgehead atoms. The summed E-state index contributed by atoms with van der Waals surface area (Å²) in [5, 5.41) is 5.24. The summed E-state index contributed by atoms with van der Waals surface area (Å²) >= 11 is 5.70. The van der Waals surface area contributed by atoms with Gasteiger partial charge in [0.15, 0.2) is 11.5 Å². The van der Waals surface area contributed by atoms with Gasteiger partial charge in [0.1, 0.15) is 11.3 Å². The van der Waals surface area contributed by atoms with Crippen molar-refractivity contribution >= 4 is 34.1 Å². The van der Waals surface area contributed by atoms with E-state index < -0.39 is 0 Å². The highest BCUT2D eigenvalue weighted by molar-refractivity contribution is 6.17. The number of methoxy groups -OCH3 is 1. The first-order chi connectivity index (χ1) is 10.7. The largest absolute Gasteiger partial charge is 0.494 e. The Bertz CT molecular complexity index is 771. The third kappa shape index (κ3) is 2.92. The number of fused-ring (bicyclic) bond motifs is 3. The molecule has 3 rings (SSSR count). The minimum atomic E-state index is 0.293. The van der Waals surface area contributed by atoms with Crippen molar-refractivity contribution < 1.29 is 4.74 Å². The van der Waals surface area contributed by atoms with Crippen LogP contribution in [0.25, 0.3) is 16.6 Å². The number of aryl methyl sites for hydroxylation is 1. The average Bonchev–Trinajstić information content (AvgIpc) is 2.99. The highest BCUT2D eigenvalue weighted by Crippen LogP contribution is 2.27. The maximum Gasteiger partial charge on any atom is 0.223 e. The molecule has 118 valence electrons. The van der Waals surface area contributed by atoms with Crippen LogP contribution in [0.1, 0.15) is 26.1 Å². The van der Waals surface area contributed by atoms with Crippen molar-refractivity contribution in [2.24, 2.45) is 0 Å². The summed E-state index contributed by atoms with van der Waals surface area (Å²) < 4.78 is 6.87. The number of nitrogens with two attached hydrogens (primary N) is 1. The summed E-state index contributed by atoms with van der Waals surface area (Å²) in [4.78, 5) is 8.89. The summed E-state index contributed by atoms with van der Waals surface area (Å²) in [5.74, 6) is 2.26. The van der Waals surface area contributed by atoms with Crippen LogP contribution in [0.5, 0.6) is 5.75 Å². The number of aromatic nitrogens is 4. The minimum Gasteiger partial charge on any atom is -0.494 e. The van der Waals surface area contributed by atoms with Crippen molar-refractivity contribution in [1.82, 2.24) is 19.6 Å². The molecule has 2 aromatic heterocycles. The minimum absolute atomic E-state index is 0.293. The Morgan fingerprint density at radius 2 is 2.05 bits per heavy atom. The van der Waals surface area contributed by atoms with Gasteiger partial charge in [0.2, 0.25) is 5.95 Å². The lowest BCUT2D eigenvalue weighted by atomic mass is 10.2. The Labute approximate surface area is 134 Å². The van der Waals surface area contributed by atoms with Crippen LogP contribution in [-0.4, -0.2) is 32.6 Å². The Hall–Kier alpha value is -2.08. The third-order valence-electron chi connectivity index (χ3n) is 3.09. The van der Waals surface area contributed by atoms with E-state index in [0.717, 1.165) is 24.1 Å². The molecule has 1 aromatic carbocycles. The fourth-order valence-corrected chi connectivity index (χ4v) is 2.30. The maximum absolute atomic E-state index is 5.96. The van der Waals surface area contributed by atoms with E-state index >= 15 is 0 Å². The number of anilines is 1. The lowest BCUT2D eigenvalue weighted by molar-refractivity contribution is 0.419. The zero-order valence-electron chi connectivity index (χ0n) is 13.0. The number of para-hydroxylation sites is 1. The van der Waals surface area contributed by atoms with E-state index in [1.165, 1.54) is 0 Å². The van der Waals surface area contributed by atoms with E-state index in [0.29, 0.717) is 28.7 Å². The van der Waals surface area contributed by atoms with Gasteiger partial charge in [0, 0.05) is 17.7 Å². The van der Waals surface area contributed by atoms with Crippen LogP contribution in [0.15, 0.2) is 18.2 Å². The van der Waals surface area contributed by atoms with Crippen molar-refractivity contribution in [3.8, 4) is 5.75 Å². The predicted octanol–water partition coefficient (Wildman–Crippen LogP) is 3.07. The summed E-state index contributed by atoms with van der Waals surface area (Å²) in [6.45, 7) is 4.00. The second-order valence-electron chi connectivity index (χ2n) is 4.38. The van der Waals surface area contributed by atoms with Gasteiger partial charge in [0.25, 0.3) is 0 Å². The quantitative estimate of drug-likeness (QED) is 0.747. The molecule has 0 aliphatic carbocycles. The number of alkyl halides is 1. The van der Waals surface area contributed by atoms with Crippen LogP contribution in [0, 0.1) is 0 Å². The van der Waals surface area contributed by atoms with Gasteiger partial charge in [-0.05, 0) is 18.6 Å². The molecule has 2 heterocycles. The molecule has 2 N–H and O–H groups in total. The van der Waals surface area contributed by atoms with Gasteiger partial charge in [-0.1, -0.05) is 19.9 Å². The maximum atomic E-state index is 5.96. The highest BCUT2D eigenvalue weighted by atomic mass is 35.5. The molecule has 3 aromatic rings. The van der Waals surface area contributed by atoms with Crippen LogP contribution >= 0.6 is 11.6 Å². The fraction of sp³-hybridized carbons (Fsp3) is 0.400. The van der Waals surface area contributed by atoms with Crippen molar-refractivity contribution in [2.75, 3.05) is 18.7 Å². The first-order valence-corrected chi connectivity index (χ1v) is 7.82. The molecule has 0 aliphatic heterocycles. The molecular weight excluding hydrogens is 302 g/mol. The smallest absolute Gasteiger partial charge is 0.223 e. The topological polar surface area (TPSA) is 78.3 Å². The number of hydrogen-bond acceptors (Lipinski definition) is 5. The second-order valence-corrected chi connectivity index (χ2v) is 4.76. The number of benzene rings is 1. The number of rotatable bonds is 4. The van der Waals surface area contributed by atoms with E-state index in [4.69, 9.17) is 22.1 Å². The molecule has 0 saturated carbocycles. The van der Waals surface area contributed by atoms with E-state index in [-0.39, 0.29) is 0 Å². The average molecular weight is 322 g/mol. The van der Waals surface area contributed by atoms with Crippen LogP contribution < -0.4 is 10.5 Å². The van der Waals surface area contributed by atoms with Gasteiger partial charge < -0.3 is 10.5 Å². The standard InChI is InChI=1S/C13H14ClN5O.C2H6/c1-20-9-5-2-4-8-11(9)17-13(15)19-12(8)16-10(18-19)6-3-7-14;1-2/h2,4-5H,3,6-7H2,1H3,(H2,15,17);1-2H3. The summed E-state index contributed by atoms with van der Waals surface area (Å²) in [6, 6.07) is 5.67. The van der Waals surface area contributed by atoms with Crippen LogP contribution in [0.2, 0.25) is 0 Å². The lowest BCUT2D eigenvalue weighted by Gasteiger charge is -2.06. The van der Waals surface area contributed by atoms with Gasteiger partial charge in [-0.3, -0.25) is 0 Å². The molecule has 6 nitrogen and oxygen atoms in total. The number of ether oxygens (including phenoxy) is 1. The second kappa shape index (κ2) is 7.26. The molecule has 7 heteroatoms. The highest BCUT2D eigenvalue weighted by Gasteiger charge is 2.13. The first kappa shape index (κ1) is 16.3. The molecule has 0 spiro atoms. The zero-order chi connectivity index (χ0) is 16.1. The van der Waals surface area contributed by atoms with E-state index in [2.05, 4.69) is 15.1 Å². The van der Waals surface area contributed by atoms with Gasteiger partial charge in [-0.2, -0.15) is 4.52 Å². The molecule has 0 unspecified atom stereocenters. The molecule has 0 saturated heterocycles. The molecule has 22 heavy (non-hydrogen) atoms. The Morgan fingerprint density at radius 3 is 2.73 bits per heavy atom. The molecule has 0 aliphatic rings. The molecule has 0 atom stereocenters. The van der Waals surface area contributed by atoms with Crippen molar-refractivity contribution in [3.05, 3.63) is 24.0 Å². The first-order valence-electron chi connectivity index (χ1n) is 7.28. The molecule has 0 radical (unpaired) electrons. The zero-order valence-corrected chi connectivity index (χ0v) is 13.8. The van der Waals surface area contributed by atoms with E-state index in [1.807, 2.05) is 32.0 Å².